The molecule has 0 aromatic heterocycles. The smallest absolute Gasteiger partial charge is 0.253 e. The van der Waals surface area contributed by atoms with Crippen molar-refractivity contribution in [1.82, 2.24) is 4.90 Å². The van der Waals surface area contributed by atoms with E-state index >= 15 is 0 Å². The van der Waals surface area contributed by atoms with Gasteiger partial charge in [-0.25, -0.2) is 0 Å². The molecule has 124 valence electrons. The van der Waals surface area contributed by atoms with E-state index in [1.54, 1.807) is 38.4 Å². The van der Waals surface area contributed by atoms with E-state index in [-0.39, 0.29) is 41.4 Å². The number of anilines is 1. The van der Waals surface area contributed by atoms with Crippen LogP contribution in [0.5, 0.6) is 0 Å². The number of rotatable bonds is 2. The summed E-state index contributed by atoms with van der Waals surface area (Å²) in [5, 5.41) is 0. The number of carbonyl (C=O) groups excluding carboxylic acids is 3. The van der Waals surface area contributed by atoms with Crippen LogP contribution >= 0.6 is 0 Å². The highest BCUT2D eigenvalue weighted by molar-refractivity contribution is 6.22. The van der Waals surface area contributed by atoms with Gasteiger partial charge < -0.3 is 4.90 Å². The Hall–Kier alpha value is -2.43. The molecule has 0 spiro atoms. The molecule has 0 N–H and O–H groups in total. The molecule has 1 aromatic carbocycles. The van der Waals surface area contributed by atoms with Gasteiger partial charge in [-0.1, -0.05) is 12.2 Å². The molecule has 1 aromatic rings. The van der Waals surface area contributed by atoms with Gasteiger partial charge in [-0.3, -0.25) is 19.3 Å². The van der Waals surface area contributed by atoms with Crippen molar-refractivity contribution in [2.24, 2.45) is 23.7 Å². The first-order chi connectivity index (χ1) is 11.5. The third-order valence-corrected chi connectivity index (χ3v) is 5.54. The fraction of sp³-hybridized carbons (Fsp3) is 0.421. The Labute approximate surface area is 140 Å². The SMILES string of the molecule is CN(C)C(=O)c1ccc(N2C(=O)C3C4C=CC(CC4)C3C2=O)cc1. The largest absolute Gasteiger partial charge is 0.345 e. The fourth-order valence-electron chi connectivity index (χ4n) is 4.34. The standard InChI is InChI=1S/C19H20N2O3/c1-20(2)17(22)13-7-9-14(10-8-13)21-18(23)15-11-3-4-12(6-5-11)16(15)19(21)24/h3-4,7-12,15-16H,5-6H2,1-2H3. The number of fused-ring (bicyclic) bond motifs is 1. The fourth-order valence-corrected chi connectivity index (χ4v) is 4.34. The molecule has 5 heteroatoms. The lowest BCUT2D eigenvalue weighted by Gasteiger charge is -2.38. The molecule has 2 fully saturated rings. The van der Waals surface area contributed by atoms with Gasteiger partial charge in [0.15, 0.2) is 0 Å². The molecule has 4 aliphatic rings. The Morgan fingerprint density at radius 1 is 0.958 bits per heavy atom. The normalized spacial score (nSPS) is 30.7. The molecule has 1 aliphatic heterocycles. The zero-order chi connectivity index (χ0) is 17.0. The van der Waals surface area contributed by atoms with Crippen LogP contribution in [0.15, 0.2) is 36.4 Å². The average Bonchev–Trinajstić information content (AvgIpc) is 2.89. The number of hydrogen-bond acceptors (Lipinski definition) is 3. The summed E-state index contributed by atoms with van der Waals surface area (Å²) in [6.07, 6.45) is 6.21. The maximum Gasteiger partial charge on any atom is 0.253 e. The lowest BCUT2D eigenvalue weighted by molar-refractivity contribution is -0.124. The van der Waals surface area contributed by atoms with Gasteiger partial charge in [0.2, 0.25) is 11.8 Å². The molecule has 5 rings (SSSR count). The predicted molar refractivity (Wildman–Crippen MR) is 89.3 cm³/mol. The van der Waals surface area contributed by atoms with E-state index in [0.29, 0.717) is 11.3 Å². The Morgan fingerprint density at radius 3 is 1.88 bits per heavy atom. The summed E-state index contributed by atoms with van der Waals surface area (Å²) in [5.74, 6) is -0.302. The minimum Gasteiger partial charge on any atom is -0.345 e. The minimum atomic E-state index is -0.204. The average molecular weight is 324 g/mol. The van der Waals surface area contributed by atoms with Crippen LogP contribution in [0.25, 0.3) is 0 Å². The van der Waals surface area contributed by atoms with Gasteiger partial charge in [-0.2, -0.15) is 0 Å². The maximum atomic E-state index is 12.9. The molecule has 2 bridgehead atoms. The van der Waals surface area contributed by atoms with Gasteiger partial charge in [-0.05, 0) is 48.9 Å². The maximum absolute atomic E-state index is 12.9. The van der Waals surface area contributed by atoms with E-state index < -0.39 is 0 Å². The summed E-state index contributed by atoms with van der Waals surface area (Å²) in [6, 6.07) is 6.73. The number of benzene rings is 1. The summed E-state index contributed by atoms with van der Waals surface area (Å²) < 4.78 is 0. The molecule has 1 saturated carbocycles. The number of amides is 3. The minimum absolute atomic E-state index is 0.0873. The highest BCUT2D eigenvalue weighted by atomic mass is 16.2. The molecule has 4 unspecified atom stereocenters. The van der Waals surface area contributed by atoms with E-state index in [1.807, 2.05) is 0 Å². The summed E-state index contributed by atoms with van der Waals surface area (Å²) in [7, 11) is 3.38. The molecule has 4 atom stereocenters. The second kappa shape index (κ2) is 5.30. The molecular formula is C19H20N2O3. The quantitative estimate of drug-likeness (QED) is 0.618. The van der Waals surface area contributed by atoms with Crippen molar-refractivity contribution in [3.63, 3.8) is 0 Å². The summed E-state index contributed by atoms with van der Waals surface area (Å²) in [4.78, 5) is 40.5. The van der Waals surface area contributed by atoms with Gasteiger partial charge in [0.1, 0.15) is 0 Å². The van der Waals surface area contributed by atoms with Crippen molar-refractivity contribution >= 4 is 23.4 Å². The summed E-state index contributed by atoms with van der Waals surface area (Å²) in [5.41, 5.74) is 1.11. The number of carbonyl (C=O) groups is 3. The van der Waals surface area contributed by atoms with E-state index in [9.17, 15) is 14.4 Å². The van der Waals surface area contributed by atoms with Crippen LogP contribution in [0.1, 0.15) is 23.2 Å². The van der Waals surface area contributed by atoms with Crippen LogP contribution in [0.2, 0.25) is 0 Å². The van der Waals surface area contributed by atoms with Crippen LogP contribution in [-0.4, -0.2) is 36.7 Å². The zero-order valence-electron chi connectivity index (χ0n) is 13.8. The summed E-state index contributed by atoms with van der Waals surface area (Å²) >= 11 is 0. The highest BCUT2D eigenvalue weighted by Crippen LogP contribution is 2.50. The molecule has 3 amide bonds. The molecule has 1 heterocycles. The molecule has 24 heavy (non-hydrogen) atoms. The van der Waals surface area contributed by atoms with Crippen molar-refractivity contribution < 1.29 is 14.4 Å². The second-order valence-corrected chi connectivity index (χ2v) is 7.10. The summed E-state index contributed by atoms with van der Waals surface area (Å²) in [6.45, 7) is 0. The van der Waals surface area contributed by atoms with Crippen molar-refractivity contribution in [3.8, 4) is 0 Å². The molecular weight excluding hydrogens is 304 g/mol. The predicted octanol–water partition coefficient (Wildman–Crippen LogP) is 2.09. The van der Waals surface area contributed by atoms with Crippen LogP contribution in [0.4, 0.5) is 5.69 Å². The second-order valence-electron chi connectivity index (χ2n) is 7.10. The third-order valence-electron chi connectivity index (χ3n) is 5.54. The third kappa shape index (κ3) is 2.04. The number of hydrogen-bond donors (Lipinski definition) is 0. The lowest BCUT2D eigenvalue weighted by atomic mass is 9.63. The van der Waals surface area contributed by atoms with Gasteiger partial charge in [0.05, 0.1) is 17.5 Å². The first-order valence-corrected chi connectivity index (χ1v) is 8.37. The van der Waals surface area contributed by atoms with E-state index in [0.717, 1.165) is 12.8 Å². The topological polar surface area (TPSA) is 57.7 Å². The molecule has 1 saturated heterocycles. The van der Waals surface area contributed by atoms with Crippen LogP contribution in [0, 0.1) is 23.7 Å². The highest BCUT2D eigenvalue weighted by Gasteiger charge is 2.56. The lowest BCUT2D eigenvalue weighted by Crippen LogP contribution is -2.38. The first-order valence-electron chi connectivity index (χ1n) is 8.37. The van der Waals surface area contributed by atoms with Crippen molar-refractivity contribution in [2.45, 2.75) is 12.8 Å². The Kier molecular flexibility index (Phi) is 3.34. The van der Waals surface area contributed by atoms with Gasteiger partial charge in [0, 0.05) is 19.7 Å². The van der Waals surface area contributed by atoms with E-state index in [4.69, 9.17) is 0 Å². The molecule has 0 radical (unpaired) electrons. The van der Waals surface area contributed by atoms with Gasteiger partial charge >= 0.3 is 0 Å². The van der Waals surface area contributed by atoms with E-state index in [1.165, 1.54) is 9.80 Å². The van der Waals surface area contributed by atoms with Gasteiger partial charge in [-0.15, -0.1) is 0 Å². The van der Waals surface area contributed by atoms with Crippen LogP contribution < -0.4 is 4.90 Å². The Bertz CT molecular complexity index is 718. The van der Waals surface area contributed by atoms with E-state index in [2.05, 4.69) is 12.2 Å². The Balaban J connectivity index is 1.65. The molecule has 5 nitrogen and oxygen atoms in total. The van der Waals surface area contributed by atoms with Crippen molar-refractivity contribution in [1.29, 1.82) is 0 Å². The number of nitrogens with zero attached hydrogens (tertiary/aromatic N) is 2. The van der Waals surface area contributed by atoms with Crippen molar-refractivity contribution in [2.75, 3.05) is 19.0 Å². The van der Waals surface area contributed by atoms with Gasteiger partial charge in [0.25, 0.3) is 5.91 Å². The van der Waals surface area contributed by atoms with Crippen LogP contribution in [-0.2, 0) is 9.59 Å². The zero-order valence-corrected chi connectivity index (χ0v) is 13.8. The van der Waals surface area contributed by atoms with Crippen molar-refractivity contribution in [3.05, 3.63) is 42.0 Å². The Morgan fingerprint density at radius 2 is 1.46 bits per heavy atom. The monoisotopic (exact) mass is 324 g/mol. The first kappa shape index (κ1) is 15.1. The molecule has 3 aliphatic carbocycles. The van der Waals surface area contributed by atoms with Crippen LogP contribution in [0.3, 0.4) is 0 Å². The number of imide groups is 1. The number of allylic oxidation sites excluding steroid dienone is 2.